The fraction of sp³-hybridized carbons (Fsp3) is 0.238. The van der Waals surface area contributed by atoms with Gasteiger partial charge in [-0.25, -0.2) is 4.98 Å². The predicted molar refractivity (Wildman–Crippen MR) is 115 cm³/mol. The zero-order valence-electron chi connectivity index (χ0n) is 15.7. The second-order valence-corrected chi connectivity index (χ2v) is 9.04. The first kappa shape index (κ1) is 19.8. The maximum atomic E-state index is 12.8. The Morgan fingerprint density at radius 1 is 1.03 bits per heavy atom. The van der Waals surface area contributed by atoms with Gasteiger partial charge in [-0.1, -0.05) is 22.0 Å². The molecule has 0 N–H and O–H groups in total. The summed E-state index contributed by atoms with van der Waals surface area (Å²) < 4.78 is 19.1. The van der Waals surface area contributed by atoms with E-state index >= 15 is 0 Å². The first-order valence-corrected chi connectivity index (χ1v) is 11.4. The van der Waals surface area contributed by atoms with Gasteiger partial charge in [0.25, 0.3) is 5.91 Å². The fourth-order valence-electron chi connectivity index (χ4n) is 3.20. The van der Waals surface area contributed by atoms with E-state index in [4.69, 9.17) is 4.42 Å². The number of anilines is 1. The van der Waals surface area contributed by atoms with Crippen LogP contribution in [0.25, 0.3) is 0 Å². The van der Waals surface area contributed by atoms with Crippen LogP contribution in [0, 0.1) is 0 Å². The van der Waals surface area contributed by atoms with Crippen LogP contribution in [0.3, 0.4) is 0 Å². The highest BCUT2D eigenvalue weighted by molar-refractivity contribution is 9.10. The van der Waals surface area contributed by atoms with Crippen LogP contribution in [0.2, 0.25) is 0 Å². The lowest BCUT2D eigenvalue weighted by Gasteiger charge is -2.34. The number of nitrogens with zero attached hydrogens (tertiary/aromatic N) is 3. The van der Waals surface area contributed by atoms with Crippen molar-refractivity contribution in [2.24, 2.45) is 0 Å². The van der Waals surface area contributed by atoms with Gasteiger partial charge in [0.2, 0.25) is 0 Å². The van der Waals surface area contributed by atoms with Crippen LogP contribution in [0.1, 0.15) is 16.3 Å². The lowest BCUT2D eigenvalue weighted by Crippen LogP contribution is -2.49. The van der Waals surface area contributed by atoms with Crippen molar-refractivity contribution in [1.82, 2.24) is 9.88 Å². The standard InChI is InChI=1S/C21H20BrN3O3S/c22-16-4-7-18(8-5-16)29(27)15-17-6-9-19(28-17)21(26)25-13-11-24(12-14-25)20-3-1-2-10-23-20/h1-10H,11-15H2/t29-/m0/s1. The minimum atomic E-state index is -1.23. The third-order valence-electron chi connectivity index (χ3n) is 4.76. The van der Waals surface area contributed by atoms with E-state index in [-0.39, 0.29) is 11.7 Å². The Morgan fingerprint density at radius 3 is 2.48 bits per heavy atom. The number of halogens is 1. The molecule has 1 aliphatic heterocycles. The van der Waals surface area contributed by atoms with Gasteiger partial charge >= 0.3 is 0 Å². The van der Waals surface area contributed by atoms with Crippen LogP contribution in [0.5, 0.6) is 0 Å². The second kappa shape index (κ2) is 8.92. The van der Waals surface area contributed by atoms with Gasteiger partial charge in [-0.3, -0.25) is 9.00 Å². The Morgan fingerprint density at radius 2 is 1.79 bits per heavy atom. The van der Waals surface area contributed by atoms with Gasteiger partial charge < -0.3 is 14.2 Å². The highest BCUT2D eigenvalue weighted by Gasteiger charge is 2.25. The van der Waals surface area contributed by atoms with E-state index in [1.165, 1.54) is 0 Å². The van der Waals surface area contributed by atoms with Gasteiger partial charge in [0.1, 0.15) is 11.6 Å². The van der Waals surface area contributed by atoms with E-state index in [1.54, 1.807) is 23.2 Å². The molecule has 1 atom stereocenters. The average molecular weight is 474 g/mol. The Kier molecular flexibility index (Phi) is 6.10. The number of rotatable bonds is 5. The van der Waals surface area contributed by atoms with Gasteiger partial charge in [0, 0.05) is 41.7 Å². The first-order valence-electron chi connectivity index (χ1n) is 9.28. The zero-order chi connectivity index (χ0) is 20.2. The van der Waals surface area contributed by atoms with Crippen LogP contribution in [0.4, 0.5) is 5.82 Å². The Hall–Kier alpha value is -2.45. The molecular formula is C21H20BrN3O3S. The van der Waals surface area contributed by atoms with Crippen molar-refractivity contribution in [3.63, 3.8) is 0 Å². The van der Waals surface area contributed by atoms with Gasteiger partial charge in [-0.15, -0.1) is 0 Å². The van der Waals surface area contributed by atoms with Gasteiger partial charge in [-0.05, 0) is 48.5 Å². The fourth-order valence-corrected chi connectivity index (χ4v) is 4.49. The third kappa shape index (κ3) is 4.76. The largest absolute Gasteiger partial charge is 0.455 e. The van der Waals surface area contributed by atoms with E-state index in [0.29, 0.717) is 24.6 Å². The number of amides is 1. The quantitative estimate of drug-likeness (QED) is 0.564. The second-order valence-electron chi connectivity index (χ2n) is 6.68. The van der Waals surface area contributed by atoms with E-state index in [2.05, 4.69) is 25.8 Å². The molecule has 29 heavy (non-hydrogen) atoms. The SMILES string of the molecule is O=C(c1ccc(C[S@](=O)c2ccc(Br)cc2)o1)N1CCN(c2ccccn2)CC1. The van der Waals surface area contributed by atoms with Crippen molar-refractivity contribution in [2.75, 3.05) is 31.1 Å². The summed E-state index contributed by atoms with van der Waals surface area (Å²) in [4.78, 5) is 21.8. The lowest BCUT2D eigenvalue weighted by atomic mass is 10.2. The summed E-state index contributed by atoms with van der Waals surface area (Å²) in [6.07, 6.45) is 1.77. The number of aromatic nitrogens is 1. The van der Waals surface area contributed by atoms with Crippen LogP contribution in [0.15, 0.2) is 74.6 Å². The van der Waals surface area contributed by atoms with Crippen molar-refractivity contribution in [3.05, 3.63) is 76.8 Å². The summed E-state index contributed by atoms with van der Waals surface area (Å²) in [5.74, 6) is 1.87. The highest BCUT2D eigenvalue weighted by atomic mass is 79.9. The van der Waals surface area contributed by atoms with Crippen molar-refractivity contribution in [2.45, 2.75) is 10.6 Å². The summed E-state index contributed by atoms with van der Waals surface area (Å²) in [7, 11) is -1.23. The topological polar surface area (TPSA) is 66.7 Å². The number of hydrogen-bond donors (Lipinski definition) is 0. The van der Waals surface area contributed by atoms with E-state index < -0.39 is 10.8 Å². The monoisotopic (exact) mass is 473 g/mol. The van der Waals surface area contributed by atoms with E-state index in [1.807, 2.05) is 42.5 Å². The number of carbonyl (C=O) groups excluding carboxylic acids is 1. The van der Waals surface area contributed by atoms with Crippen LogP contribution in [-0.4, -0.2) is 46.2 Å². The molecule has 1 aromatic carbocycles. The average Bonchev–Trinajstić information content (AvgIpc) is 3.23. The molecule has 1 aliphatic rings. The molecule has 3 heterocycles. The summed E-state index contributed by atoms with van der Waals surface area (Å²) in [5.41, 5.74) is 0. The molecule has 3 aromatic rings. The van der Waals surface area contributed by atoms with E-state index in [0.717, 1.165) is 28.3 Å². The molecule has 1 amide bonds. The van der Waals surface area contributed by atoms with Gasteiger partial charge in [0.15, 0.2) is 5.76 Å². The summed E-state index contributed by atoms with van der Waals surface area (Å²) >= 11 is 3.37. The Bertz CT molecular complexity index is 1000. The Labute approximate surface area is 180 Å². The molecule has 0 aliphatic carbocycles. The van der Waals surface area contributed by atoms with Crippen LogP contribution >= 0.6 is 15.9 Å². The van der Waals surface area contributed by atoms with Crippen molar-refractivity contribution >= 4 is 38.5 Å². The zero-order valence-corrected chi connectivity index (χ0v) is 18.1. The molecule has 2 aromatic heterocycles. The molecule has 0 bridgehead atoms. The molecule has 1 fully saturated rings. The number of carbonyl (C=O) groups is 1. The lowest BCUT2D eigenvalue weighted by molar-refractivity contribution is 0.0713. The van der Waals surface area contributed by atoms with Gasteiger partial charge in [-0.2, -0.15) is 0 Å². The minimum absolute atomic E-state index is 0.133. The third-order valence-corrected chi connectivity index (χ3v) is 6.64. The van der Waals surface area contributed by atoms with Gasteiger partial charge in [0.05, 0.1) is 16.6 Å². The summed E-state index contributed by atoms with van der Waals surface area (Å²) in [6.45, 7) is 2.67. The molecule has 150 valence electrons. The summed E-state index contributed by atoms with van der Waals surface area (Å²) in [6, 6.07) is 16.6. The summed E-state index contributed by atoms with van der Waals surface area (Å²) in [5, 5.41) is 0. The Balaban J connectivity index is 1.35. The molecule has 6 nitrogen and oxygen atoms in total. The molecular weight excluding hydrogens is 454 g/mol. The van der Waals surface area contributed by atoms with Crippen LogP contribution < -0.4 is 4.90 Å². The van der Waals surface area contributed by atoms with Crippen molar-refractivity contribution in [3.8, 4) is 0 Å². The maximum absolute atomic E-state index is 12.8. The maximum Gasteiger partial charge on any atom is 0.289 e. The molecule has 1 saturated heterocycles. The normalized spacial score (nSPS) is 15.3. The smallest absolute Gasteiger partial charge is 0.289 e. The molecule has 4 rings (SSSR count). The molecule has 0 unspecified atom stereocenters. The molecule has 0 radical (unpaired) electrons. The number of piperazine rings is 1. The molecule has 0 saturated carbocycles. The molecule has 8 heteroatoms. The minimum Gasteiger partial charge on any atom is -0.455 e. The van der Waals surface area contributed by atoms with Crippen molar-refractivity contribution in [1.29, 1.82) is 0 Å². The number of benzene rings is 1. The van der Waals surface area contributed by atoms with Crippen molar-refractivity contribution < 1.29 is 13.4 Å². The first-order chi connectivity index (χ1) is 14.1. The number of furan rings is 1. The van der Waals surface area contributed by atoms with Crippen LogP contribution in [-0.2, 0) is 16.6 Å². The predicted octanol–water partition coefficient (Wildman–Crippen LogP) is 3.71. The van der Waals surface area contributed by atoms with E-state index in [9.17, 15) is 9.00 Å². The highest BCUT2D eigenvalue weighted by Crippen LogP contribution is 2.19. The number of pyridine rings is 1. The number of hydrogen-bond acceptors (Lipinski definition) is 5. The molecule has 0 spiro atoms.